The van der Waals surface area contributed by atoms with Gasteiger partial charge in [0.2, 0.25) is 0 Å². The van der Waals surface area contributed by atoms with E-state index in [-0.39, 0.29) is 31.3 Å². The third-order valence-corrected chi connectivity index (χ3v) is 7.47. The largest absolute Gasteiger partial charge is 0.416 e. The molecule has 0 saturated carbocycles. The third-order valence-electron chi connectivity index (χ3n) is 7.47. The number of urea groups is 1. The lowest BCUT2D eigenvalue weighted by Crippen LogP contribution is -2.62. The van der Waals surface area contributed by atoms with Crippen LogP contribution in [0.5, 0.6) is 0 Å². The molecule has 2 fully saturated rings. The number of pyridine rings is 1. The van der Waals surface area contributed by atoms with Crippen molar-refractivity contribution in [3.63, 3.8) is 0 Å². The van der Waals surface area contributed by atoms with Crippen molar-refractivity contribution < 1.29 is 40.7 Å². The molecule has 13 heteroatoms. The summed E-state index contributed by atoms with van der Waals surface area (Å²) >= 11 is 0. The van der Waals surface area contributed by atoms with E-state index in [1.165, 1.54) is 17.3 Å². The van der Waals surface area contributed by atoms with Crippen LogP contribution < -0.4 is 9.80 Å². The van der Waals surface area contributed by atoms with Gasteiger partial charge in [-0.1, -0.05) is 25.1 Å². The van der Waals surface area contributed by atoms with E-state index in [4.69, 9.17) is 0 Å². The van der Waals surface area contributed by atoms with Gasteiger partial charge in [0.25, 0.3) is 11.8 Å². The lowest BCUT2D eigenvalue weighted by Gasteiger charge is -2.46. The molecule has 2 aliphatic rings. The molecule has 0 N–H and O–H groups in total. The molecule has 2 aromatic carbocycles. The van der Waals surface area contributed by atoms with Crippen LogP contribution in [0, 0.1) is 5.92 Å². The van der Waals surface area contributed by atoms with Crippen molar-refractivity contribution in [3.05, 3.63) is 89.7 Å². The zero-order chi connectivity index (χ0) is 29.7. The molecule has 1 spiro atoms. The molecule has 3 aromatic rings. The molecule has 4 amide bonds. The second-order valence-corrected chi connectivity index (χ2v) is 9.93. The summed E-state index contributed by atoms with van der Waals surface area (Å²) in [5.74, 6) is -2.38. The molecule has 1 aromatic heterocycles. The SMILES string of the molecule is CC1CN(C(=O)c2cc(C(F)(F)F)cc(C(F)(F)F)c2)CCC12C(=O)N(c1cccnc1)C(=O)N2c1ccccc1. The Balaban J connectivity index is 1.51. The minimum atomic E-state index is -5.11. The van der Waals surface area contributed by atoms with Crippen LogP contribution in [-0.2, 0) is 17.1 Å². The monoisotopic (exact) mass is 576 g/mol. The Morgan fingerprint density at radius 3 is 2.05 bits per heavy atom. The van der Waals surface area contributed by atoms with Crippen molar-refractivity contribution >= 4 is 29.2 Å². The molecule has 214 valence electrons. The number of aromatic nitrogens is 1. The van der Waals surface area contributed by atoms with Crippen molar-refractivity contribution in [1.29, 1.82) is 0 Å². The Morgan fingerprint density at radius 2 is 1.51 bits per heavy atom. The fourth-order valence-electron chi connectivity index (χ4n) is 5.50. The molecule has 2 saturated heterocycles. The van der Waals surface area contributed by atoms with Crippen LogP contribution in [0.25, 0.3) is 0 Å². The Labute approximate surface area is 230 Å². The van der Waals surface area contributed by atoms with Crippen molar-refractivity contribution in [2.45, 2.75) is 31.2 Å². The zero-order valence-electron chi connectivity index (χ0n) is 21.4. The maximum atomic E-state index is 14.0. The highest BCUT2D eigenvalue weighted by atomic mass is 19.4. The van der Waals surface area contributed by atoms with Gasteiger partial charge in [-0.25, -0.2) is 9.69 Å². The highest BCUT2D eigenvalue weighted by molar-refractivity contribution is 6.30. The second kappa shape index (κ2) is 9.89. The topological polar surface area (TPSA) is 73.8 Å². The lowest BCUT2D eigenvalue weighted by atomic mass is 9.77. The molecule has 41 heavy (non-hydrogen) atoms. The van der Waals surface area contributed by atoms with Gasteiger partial charge >= 0.3 is 18.4 Å². The van der Waals surface area contributed by atoms with E-state index in [0.29, 0.717) is 17.8 Å². The predicted molar refractivity (Wildman–Crippen MR) is 135 cm³/mol. The van der Waals surface area contributed by atoms with E-state index in [1.807, 2.05) is 0 Å². The van der Waals surface area contributed by atoms with E-state index in [0.717, 1.165) is 9.80 Å². The predicted octanol–water partition coefficient (Wildman–Crippen LogP) is 6.01. The van der Waals surface area contributed by atoms with Crippen LogP contribution in [0.2, 0.25) is 0 Å². The molecule has 0 aliphatic carbocycles. The summed E-state index contributed by atoms with van der Waals surface area (Å²) < 4.78 is 80.3. The standard InChI is InChI=1S/C28H22F6N4O3/c1-17-16-36(23(39)18-12-19(27(29,30)31)14-20(13-18)28(32,33)34)11-9-26(17)24(40)37(22-8-5-10-35-15-22)25(41)38(26)21-6-3-2-4-7-21/h2-8,10,12-15,17H,9,11,16H2,1H3. The smallest absolute Gasteiger partial charge is 0.338 e. The minimum Gasteiger partial charge on any atom is -0.338 e. The summed E-state index contributed by atoms with van der Waals surface area (Å²) in [6, 6.07) is 11.6. The number of hydrogen-bond donors (Lipinski definition) is 0. The van der Waals surface area contributed by atoms with E-state index >= 15 is 0 Å². The zero-order valence-corrected chi connectivity index (χ0v) is 21.4. The summed E-state index contributed by atoms with van der Waals surface area (Å²) in [5.41, 5.74) is -4.81. The number of halogens is 6. The first-order chi connectivity index (χ1) is 19.2. The maximum Gasteiger partial charge on any atom is 0.416 e. The number of likely N-dealkylation sites (tertiary alicyclic amines) is 1. The van der Waals surface area contributed by atoms with Crippen LogP contribution in [0.1, 0.15) is 34.8 Å². The number of para-hydroxylation sites is 1. The maximum absolute atomic E-state index is 14.0. The quantitative estimate of drug-likeness (QED) is 0.283. The summed E-state index contributed by atoms with van der Waals surface area (Å²) in [6.45, 7) is 1.20. The van der Waals surface area contributed by atoms with Gasteiger partial charge in [-0.3, -0.25) is 19.5 Å². The van der Waals surface area contributed by atoms with Crippen molar-refractivity contribution in [2.24, 2.45) is 5.92 Å². The number of carbonyl (C=O) groups excluding carboxylic acids is 3. The second-order valence-electron chi connectivity index (χ2n) is 9.93. The van der Waals surface area contributed by atoms with Gasteiger partial charge in [0, 0.05) is 36.5 Å². The molecule has 3 heterocycles. The van der Waals surface area contributed by atoms with E-state index in [1.54, 1.807) is 49.4 Å². The summed E-state index contributed by atoms with van der Waals surface area (Å²) in [6.07, 6.45) is -7.51. The number of anilines is 2. The number of rotatable bonds is 3. The number of benzene rings is 2. The highest BCUT2D eigenvalue weighted by Crippen LogP contribution is 2.45. The molecule has 7 nitrogen and oxygen atoms in total. The molecular formula is C28H22F6N4O3. The highest BCUT2D eigenvalue weighted by Gasteiger charge is 2.62. The summed E-state index contributed by atoms with van der Waals surface area (Å²) in [7, 11) is 0. The van der Waals surface area contributed by atoms with Gasteiger partial charge in [0.05, 0.1) is 23.0 Å². The van der Waals surface area contributed by atoms with Gasteiger partial charge < -0.3 is 4.90 Å². The molecule has 0 radical (unpaired) electrons. The minimum absolute atomic E-state index is 0.0435. The fourth-order valence-corrected chi connectivity index (χ4v) is 5.50. The third kappa shape index (κ3) is 4.78. The summed E-state index contributed by atoms with van der Waals surface area (Å²) in [5, 5.41) is 0. The van der Waals surface area contributed by atoms with Gasteiger partial charge in [-0.15, -0.1) is 0 Å². The first-order valence-corrected chi connectivity index (χ1v) is 12.5. The lowest BCUT2D eigenvalue weighted by molar-refractivity contribution is -0.143. The number of imide groups is 1. The molecule has 5 rings (SSSR count). The van der Waals surface area contributed by atoms with E-state index in [9.17, 15) is 40.7 Å². The van der Waals surface area contributed by atoms with Crippen LogP contribution in [0.3, 0.4) is 0 Å². The average molecular weight is 576 g/mol. The first-order valence-electron chi connectivity index (χ1n) is 12.5. The number of amides is 4. The Kier molecular flexibility index (Phi) is 6.79. The summed E-state index contributed by atoms with van der Waals surface area (Å²) in [4.78, 5) is 48.5. The van der Waals surface area contributed by atoms with Crippen LogP contribution in [0.4, 0.5) is 42.5 Å². The number of carbonyl (C=O) groups is 3. The van der Waals surface area contributed by atoms with E-state index in [2.05, 4.69) is 4.98 Å². The van der Waals surface area contributed by atoms with Crippen molar-refractivity contribution in [1.82, 2.24) is 9.88 Å². The average Bonchev–Trinajstić information content (AvgIpc) is 3.15. The number of piperidine rings is 1. The Hall–Kier alpha value is -4.42. The molecule has 2 aliphatic heterocycles. The van der Waals surface area contributed by atoms with Gasteiger partial charge in [0.1, 0.15) is 5.54 Å². The number of hydrogen-bond acceptors (Lipinski definition) is 4. The van der Waals surface area contributed by atoms with Crippen LogP contribution in [-0.4, -0.2) is 46.4 Å². The molecule has 2 unspecified atom stereocenters. The van der Waals surface area contributed by atoms with Gasteiger partial charge in [-0.2, -0.15) is 26.3 Å². The molecule has 2 atom stereocenters. The van der Waals surface area contributed by atoms with Crippen LogP contribution in [0.15, 0.2) is 73.1 Å². The normalized spacial score (nSPS) is 21.6. The van der Waals surface area contributed by atoms with Crippen molar-refractivity contribution in [3.8, 4) is 0 Å². The van der Waals surface area contributed by atoms with Crippen LogP contribution >= 0.6 is 0 Å². The number of nitrogens with zero attached hydrogens (tertiary/aromatic N) is 4. The number of alkyl halides is 6. The van der Waals surface area contributed by atoms with Gasteiger partial charge in [-0.05, 0) is 48.9 Å². The van der Waals surface area contributed by atoms with Gasteiger partial charge in [0.15, 0.2) is 0 Å². The molecule has 0 bridgehead atoms. The van der Waals surface area contributed by atoms with Crippen molar-refractivity contribution in [2.75, 3.05) is 22.9 Å². The first kappa shape index (κ1) is 28.1. The Bertz CT molecular complexity index is 1460. The fraction of sp³-hybridized carbons (Fsp3) is 0.286. The van der Waals surface area contributed by atoms with E-state index < -0.39 is 58.3 Å². The molecular weight excluding hydrogens is 554 g/mol. The Morgan fingerprint density at radius 1 is 0.902 bits per heavy atom.